The van der Waals surface area contributed by atoms with E-state index in [1.165, 1.54) is 0 Å². The van der Waals surface area contributed by atoms with Gasteiger partial charge in [0, 0.05) is 0 Å². The van der Waals surface area contributed by atoms with Gasteiger partial charge in [-0.05, 0) is 24.3 Å². The van der Waals surface area contributed by atoms with E-state index in [1.807, 2.05) is 30.5 Å². The highest BCUT2D eigenvalue weighted by atomic mass is 14.7. The molecule has 1 rings (SSSR count). The molecule has 72 valence electrons. The number of hydrogen-bond acceptors (Lipinski definition) is 2. The van der Waals surface area contributed by atoms with Crippen molar-refractivity contribution in [2.24, 2.45) is 4.99 Å². The molecule has 0 bridgehead atoms. The summed E-state index contributed by atoms with van der Waals surface area (Å²) in [5, 5.41) is 8.82. The van der Waals surface area contributed by atoms with Crippen LogP contribution >= 0.6 is 0 Å². The predicted octanol–water partition coefficient (Wildman–Crippen LogP) is 2.93. The summed E-state index contributed by atoms with van der Waals surface area (Å²) in [6, 6.07) is 9.74. The Labute approximate surface area is 84.9 Å². The Morgan fingerprint density at radius 2 is 2.21 bits per heavy atom. The minimum Gasteiger partial charge on any atom is -0.293 e. The first-order chi connectivity index (χ1) is 6.88. The molecule has 0 unspecified atom stereocenters. The Morgan fingerprint density at radius 1 is 1.43 bits per heavy atom. The lowest BCUT2D eigenvalue weighted by Crippen LogP contribution is -1.87. The fraction of sp³-hybridized carbons (Fsp3) is 0.333. The van der Waals surface area contributed by atoms with Crippen molar-refractivity contribution in [1.82, 2.24) is 0 Å². The van der Waals surface area contributed by atoms with E-state index in [4.69, 9.17) is 5.26 Å². The van der Waals surface area contributed by atoms with E-state index >= 15 is 0 Å². The van der Waals surface area contributed by atoms with E-state index < -0.39 is 0 Å². The first-order valence-corrected chi connectivity index (χ1v) is 4.84. The van der Waals surface area contributed by atoms with Gasteiger partial charge in [0.15, 0.2) is 0 Å². The van der Waals surface area contributed by atoms with Gasteiger partial charge >= 0.3 is 0 Å². The molecule has 0 heterocycles. The molecule has 0 aliphatic heterocycles. The fourth-order valence-corrected chi connectivity index (χ4v) is 1.15. The van der Waals surface area contributed by atoms with Crippen LogP contribution < -0.4 is 0 Å². The molecule has 0 saturated heterocycles. The van der Waals surface area contributed by atoms with Gasteiger partial charge in [-0.3, -0.25) is 4.99 Å². The van der Waals surface area contributed by atoms with E-state index in [2.05, 4.69) is 18.0 Å². The average Bonchev–Trinajstić information content (AvgIpc) is 2.25. The highest BCUT2D eigenvalue weighted by Gasteiger charge is 1.97. The highest BCUT2D eigenvalue weighted by molar-refractivity contribution is 5.57. The van der Waals surface area contributed by atoms with Crippen LogP contribution in [0.5, 0.6) is 0 Å². The van der Waals surface area contributed by atoms with Gasteiger partial charge in [-0.2, -0.15) is 5.26 Å². The summed E-state index contributed by atoms with van der Waals surface area (Å²) in [5.41, 5.74) is 1.73. The number of benzene rings is 1. The van der Waals surface area contributed by atoms with Gasteiger partial charge in [0.1, 0.15) is 0 Å². The Hall–Kier alpha value is -1.62. The molecule has 0 radical (unpaired) electrons. The van der Waals surface area contributed by atoms with Crippen molar-refractivity contribution in [3.63, 3.8) is 0 Å². The van der Waals surface area contributed by atoms with E-state index in [-0.39, 0.29) is 0 Å². The van der Waals surface area contributed by atoms with Crippen molar-refractivity contribution in [2.75, 3.05) is 0 Å². The molecular weight excluding hydrogens is 172 g/mol. The molecule has 2 heteroatoms. The molecule has 0 saturated carbocycles. The molecule has 1 aromatic rings. The van der Waals surface area contributed by atoms with Crippen LogP contribution in [0.1, 0.15) is 30.9 Å². The highest BCUT2D eigenvalue weighted by Crippen LogP contribution is 2.08. The number of rotatable bonds is 4. The summed E-state index contributed by atoms with van der Waals surface area (Å²) in [5.74, 6) is 0. The number of nitrogens with zero attached hydrogens (tertiary/aromatic N) is 2. The third kappa shape index (κ3) is 3.02. The predicted molar refractivity (Wildman–Crippen MR) is 58.3 cm³/mol. The molecular formula is C12H14N2. The van der Waals surface area contributed by atoms with E-state index in [1.54, 1.807) is 0 Å². The van der Waals surface area contributed by atoms with Gasteiger partial charge in [0.2, 0.25) is 0 Å². The van der Waals surface area contributed by atoms with Crippen LogP contribution in [0.2, 0.25) is 0 Å². The molecule has 0 aromatic heterocycles. The second-order valence-electron chi connectivity index (χ2n) is 3.08. The fourth-order valence-electron chi connectivity index (χ4n) is 1.15. The van der Waals surface area contributed by atoms with E-state index in [0.717, 1.165) is 24.0 Å². The second kappa shape index (κ2) is 5.93. The number of nitriles is 1. The summed E-state index contributed by atoms with van der Waals surface area (Å²) >= 11 is 0. The van der Waals surface area contributed by atoms with Gasteiger partial charge < -0.3 is 0 Å². The normalized spacial score (nSPS) is 10.3. The number of hydrogen-bond donors (Lipinski definition) is 0. The lowest BCUT2D eigenvalue weighted by molar-refractivity contribution is 0.983. The summed E-state index contributed by atoms with van der Waals surface area (Å²) < 4.78 is 0. The zero-order valence-electron chi connectivity index (χ0n) is 8.40. The summed E-state index contributed by atoms with van der Waals surface area (Å²) in [6.07, 6.45) is 4.05. The van der Waals surface area contributed by atoms with Crippen molar-refractivity contribution in [3.8, 4) is 6.07 Å². The molecule has 0 aliphatic rings. The average molecular weight is 186 g/mol. The molecule has 0 aliphatic carbocycles. The monoisotopic (exact) mass is 186 g/mol. The largest absolute Gasteiger partial charge is 0.293 e. The van der Waals surface area contributed by atoms with Crippen molar-refractivity contribution in [2.45, 2.75) is 26.3 Å². The van der Waals surface area contributed by atoms with Crippen molar-refractivity contribution in [1.29, 1.82) is 5.26 Å². The zero-order chi connectivity index (χ0) is 10.2. The Bertz CT molecular complexity index is 348. The minimum absolute atomic E-state index is 0.615. The van der Waals surface area contributed by atoms with Gasteiger partial charge in [-0.15, -0.1) is 0 Å². The molecule has 0 fully saturated rings. The smallest absolute Gasteiger partial charge is 0.0995 e. The number of aliphatic imine (C=N–C) groups is 1. The molecule has 1 aromatic carbocycles. The maximum atomic E-state index is 8.82. The minimum atomic E-state index is 0.615. The first kappa shape index (κ1) is 10.5. The lowest BCUT2D eigenvalue weighted by Gasteiger charge is -1.98. The van der Waals surface area contributed by atoms with Crippen LogP contribution in [0.4, 0.5) is 0 Å². The Balaban J connectivity index is 2.63. The summed E-state index contributed by atoms with van der Waals surface area (Å²) in [6.45, 7) is 2.74. The van der Waals surface area contributed by atoms with Crippen LogP contribution in [0.15, 0.2) is 29.3 Å². The number of unbranched alkanes of at least 4 members (excludes halogenated alkanes) is 1. The van der Waals surface area contributed by atoms with Gasteiger partial charge in [0.25, 0.3) is 0 Å². The van der Waals surface area contributed by atoms with Crippen molar-refractivity contribution < 1.29 is 0 Å². The van der Waals surface area contributed by atoms with Crippen molar-refractivity contribution >= 4 is 6.21 Å². The van der Waals surface area contributed by atoms with Gasteiger partial charge in [-0.25, -0.2) is 0 Å². The van der Waals surface area contributed by atoms with Crippen LogP contribution in [-0.4, -0.2) is 6.21 Å². The molecule has 2 nitrogen and oxygen atoms in total. The molecule has 0 spiro atoms. The third-order valence-electron chi connectivity index (χ3n) is 1.95. The SMILES string of the molecule is CCCC=NCc1ccccc1C#N. The van der Waals surface area contributed by atoms with Crippen LogP contribution in [0.3, 0.4) is 0 Å². The van der Waals surface area contributed by atoms with E-state index in [9.17, 15) is 0 Å². The van der Waals surface area contributed by atoms with Crippen molar-refractivity contribution in [3.05, 3.63) is 35.4 Å². The quantitative estimate of drug-likeness (QED) is 0.666. The van der Waals surface area contributed by atoms with E-state index in [0.29, 0.717) is 6.54 Å². The summed E-state index contributed by atoms with van der Waals surface area (Å²) in [4.78, 5) is 4.26. The maximum absolute atomic E-state index is 8.82. The lowest BCUT2D eigenvalue weighted by atomic mass is 10.1. The topological polar surface area (TPSA) is 36.1 Å². The zero-order valence-corrected chi connectivity index (χ0v) is 8.40. The summed E-state index contributed by atoms with van der Waals surface area (Å²) in [7, 11) is 0. The standard InChI is InChI=1S/C12H14N2/c1-2-3-8-14-10-12-7-5-4-6-11(12)9-13/h4-8H,2-3,10H2,1H3. The van der Waals surface area contributed by atoms with Crippen LogP contribution in [0, 0.1) is 11.3 Å². The van der Waals surface area contributed by atoms with Gasteiger partial charge in [0.05, 0.1) is 18.2 Å². The Morgan fingerprint density at radius 3 is 2.93 bits per heavy atom. The first-order valence-electron chi connectivity index (χ1n) is 4.84. The maximum Gasteiger partial charge on any atom is 0.0995 e. The molecule has 0 amide bonds. The molecule has 0 atom stereocenters. The van der Waals surface area contributed by atoms with Crippen LogP contribution in [-0.2, 0) is 6.54 Å². The van der Waals surface area contributed by atoms with Crippen LogP contribution in [0.25, 0.3) is 0 Å². The van der Waals surface area contributed by atoms with Gasteiger partial charge in [-0.1, -0.05) is 31.5 Å². The molecule has 0 N–H and O–H groups in total. The Kier molecular flexibility index (Phi) is 4.43. The third-order valence-corrected chi connectivity index (χ3v) is 1.95. The molecule has 14 heavy (non-hydrogen) atoms. The second-order valence-corrected chi connectivity index (χ2v) is 3.08.